The highest BCUT2D eigenvalue weighted by Gasteiger charge is 2.17. The second-order valence-corrected chi connectivity index (χ2v) is 8.07. The Morgan fingerprint density at radius 3 is 2.55 bits per heavy atom. The van der Waals surface area contributed by atoms with Gasteiger partial charge in [0.05, 0.1) is 10.7 Å². The average Bonchev–Trinajstić information content (AvgIpc) is 2.79. The third-order valence-corrected chi connectivity index (χ3v) is 5.88. The molecule has 8 heteroatoms. The Morgan fingerprint density at radius 2 is 2.05 bits per heavy atom. The molecule has 4 nitrogen and oxygen atoms in total. The standard InChI is InChI=1S/C12H11ClN2O2S3/c1-7-2-5-11(19-7)20(16,17)15-10-4-3-8(12(14)18)6-9(10)13/h2-6,15H,1H3,(H2,14,18). The molecule has 20 heavy (non-hydrogen) atoms. The van der Waals surface area contributed by atoms with Crippen molar-refractivity contribution in [3.8, 4) is 0 Å². The van der Waals surface area contributed by atoms with Gasteiger partial charge in [0, 0.05) is 10.4 Å². The minimum absolute atomic E-state index is 0.204. The Kier molecular flexibility index (Phi) is 4.33. The van der Waals surface area contributed by atoms with Crippen LogP contribution in [0.5, 0.6) is 0 Å². The Labute approximate surface area is 131 Å². The number of benzene rings is 1. The Morgan fingerprint density at radius 1 is 1.35 bits per heavy atom. The van der Waals surface area contributed by atoms with Crippen molar-refractivity contribution in [2.75, 3.05) is 4.72 Å². The molecule has 0 aliphatic rings. The number of aryl methyl sites for hydroxylation is 1. The number of hydrogen-bond acceptors (Lipinski definition) is 4. The third-order valence-electron chi connectivity index (χ3n) is 2.48. The quantitative estimate of drug-likeness (QED) is 0.834. The summed E-state index contributed by atoms with van der Waals surface area (Å²) < 4.78 is 27.0. The predicted octanol–water partition coefficient (Wildman–Crippen LogP) is 3.14. The number of halogens is 1. The first-order chi connectivity index (χ1) is 9.29. The van der Waals surface area contributed by atoms with E-state index in [0.29, 0.717) is 5.56 Å². The topological polar surface area (TPSA) is 72.2 Å². The van der Waals surface area contributed by atoms with E-state index in [1.54, 1.807) is 18.2 Å². The van der Waals surface area contributed by atoms with Crippen LogP contribution in [0, 0.1) is 6.92 Å². The molecule has 2 rings (SSSR count). The molecule has 2 aromatic rings. The Bertz CT molecular complexity index is 769. The second kappa shape index (κ2) is 5.69. The molecule has 0 unspecified atom stereocenters. The highest BCUT2D eigenvalue weighted by molar-refractivity contribution is 7.94. The van der Waals surface area contributed by atoms with E-state index in [-0.39, 0.29) is 19.9 Å². The Balaban J connectivity index is 2.32. The van der Waals surface area contributed by atoms with Crippen LogP contribution in [-0.4, -0.2) is 13.4 Å². The van der Waals surface area contributed by atoms with Crippen molar-refractivity contribution in [3.05, 3.63) is 45.8 Å². The smallest absolute Gasteiger partial charge is 0.271 e. The predicted molar refractivity (Wildman–Crippen MR) is 87.2 cm³/mol. The lowest BCUT2D eigenvalue weighted by Gasteiger charge is -2.09. The SMILES string of the molecule is Cc1ccc(S(=O)(=O)Nc2ccc(C(N)=S)cc2Cl)s1. The van der Waals surface area contributed by atoms with Crippen LogP contribution in [0.25, 0.3) is 0 Å². The van der Waals surface area contributed by atoms with E-state index in [1.807, 2.05) is 6.92 Å². The highest BCUT2D eigenvalue weighted by Crippen LogP contribution is 2.28. The van der Waals surface area contributed by atoms with Crippen LogP contribution in [0.4, 0.5) is 5.69 Å². The lowest BCUT2D eigenvalue weighted by molar-refractivity contribution is 0.603. The lowest BCUT2D eigenvalue weighted by Crippen LogP contribution is -2.13. The van der Waals surface area contributed by atoms with Crippen molar-refractivity contribution in [1.82, 2.24) is 0 Å². The van der Waals surface area contributed by atoms with E-state index in [9.17, 15) is 8.42 Å². The van der Waals surface area contributed by atoms with E-state index in [4.69, 9.17) is 29.6 Å². The van der Waals surface area contributed by atoms with Crippen LogP contribution >= 0.6 is 35.2 Å². The molecule has 1 aromatic carbocycles. The molecule has 0 aliphatic heterocycles. The highest BCUT2D eigenvalue weighted by atomic mass is 35.5. The van der Waals surface area contributed by atoms with Gasteiger partial charge in [0.25, 0.3) is 10.0 Å². The summed E-state index contributed by atoms with van der Waals surface area (Å²) in [6.45, 7) is 1.84. The van der Waals surface area contributed by atoms with Crippen LogP contribution < -0.4 is 10.5 Å². The molecule has 0 saturated heterocycles. The van der Waals surface area contributed by atoms with Gasteiger partial charge >= 0.3 is 0 Å². The first-order valence-corrected chi connectivity index (χ1v) is 8.57. The van der Waals surface area contributed by atoms with E-state index < -0.39 is 10.0 Å². The van der Waals surface area contributed by atoms with Gasteiger partial charge in [-0.2, -0.15) is 0 Å². The third kappa shape index (κ3) is 3.29. The van der Waals surface area contributed by atoms with Gasteiger partial charge in [-0.15, -0.1) is 11.3 Å². The molecule has 0 saturated carbocycles. The van der Waals surface area contributed by atoms with Gasteiger partial charge in [-0.3, -0.25) is 4.72 Å². The van der Waals surface area contributed by atoms with Crippen LogP contribution in [0.1, 0.15) is 10.4 Å². The molecule has 3 N–H and O–H groups in total. The molecule has 0 fully saturated rings. The number of hydrogen-bond donors (Lipinski definition) is 2. The van der Waals surface area contributed by atoms with Crippen molar-refractivity contribution in [1.29, 1.82) is 0 Å². The van der Waals surface area contributed by atoms with Crippen molar-refractivity contribution in [3.63, 3.8) is 0 Å². The fraction of sp³-hybridized carbons (Fsp3) is 0.0833. The zero-order chi connectivity index (χ0) is 14.9. The zero-order valence-electron chi connectivity index (χ0n) is 10.4. The van der Waals surface area contributed by atoms with Crippen LogP contribution in [0.3, 0.4) is 0 Å². The van der Waals surface area contributed by atoms with Gasteiger partial charge in [-0.25, -0.2) is 8.42 Å². The van der Waals surface area contributed by atoms with Gasteiger partial charge in [-0.1, -0.05) is 23.8 Å². The van der Waals surface area contributed by atoms with Crippen LogP contribution in [0.15, 0.2) is 34.5 Å². The van der Waals surface area contributed by atoms with Gasteiger partial charge in [0.15, 0.2) is 0 Å². The largest absolute Gasteiger partial charge is 0.389 e. The van der Waals surface area contributed by atoms with Gasteiger partial charge in [0.2, 0.25) is 0 Å². The maximum atomic E-state index is 12.2. The molecule has 0 spiro atoms. The number of rotatable bonds is 4. The van der Waals surface area contributed by atoms with Gasteiger partial charge in [-0.05, 0) is 37.3 Å². The summed E-state index contributed by atoms with van der Waals surface area (Å²) in [5.74, 6) is 0. The zero-order valence-corrected chi connectivity index (χ0v) is 13.6. The summed E-state index contributed by atoms with van der Waals surface area (Å²) in [5, 5.41) is 0.243. The molecule has 0 atom stereocenters. The molecule has 0 aliphatic carbocycles. The number of anilines is 1. The van der Waals surface area contributed by atoms with Gasteiger partial charge < -0.3 is 5.73 Å². The van der Waals surface area contributed by atoms with E-state index >= 15 is 0 Å². The van der Waals surface area contributed by atoms with E-state index in [1.165, 1.54) is 23.5 Å². The fourth-order valence-electron chi connectivity index (χ4n) is 1.50. The first-order valence-electron chi connectivity index (χ1n) is 5.48. The first kappa shape index (κ1) is 15.2. The number of sulfonamides is 1. The Hall–Kier alpha value is -1.15. The average molecular weight is 347 g/mol. The van der Waals surface area contributed by atoms with Crippen molar-refractivity contribution in [2.24, 2.45) is 5.73 Å². The number of nitrogens with two attached hydrogens (primary N) is 1. The minimum atomic E-state index is -3.63. The summed E-state index contributed by atoms with van der Waals surface area (Å²) in [7, 11) is -3.63. The van der Waals surface area contributed by atoms with Crippen molar-refractivity contribution in [2.45, 2.75) is 11.1 Å². The fourth-order valence-corrected chi connectivity index (χ4v) is 4.28. The molecule has 0 amide bonds. The maximum absolute atomic E-state index is 12.2. The summed E-state index contributed by atoms with van der Waals surface area (Å²) in [4.78, 5) is 1.12. The van der Waals surface area contributed by atoms with E-state index in [0.717, 1.165) is 4.88 Å². The molecular formula is C12H11ClN2O2S3. The monoisotopic (exact) mass is 346 g/mol. The second-order valence-electron chi connectivity index (χ2n) is 4.03. The van der Waals surface area contributed by atoms with Gasteiger partial charge in [0.1, 0.15) is 9.20 Å². The van der Waals surface area contributed by atoms with Crippen molar-refractivity contribution < 1.29 is 8.42 Å². The molecule has 0 radical (unpaired) electrons. The van der Waals surface area contributed by atoms with Crippen LogP contribution in [0.2, 0.25) is 5.02 Å². The van der Waals surface area contributed by atoms with E-state index in [2.05, 4.69) is 4.72 Å². The molecular weight excluding hydrogens is 336 g/mol. The lowest BCUT2D eigenvalue weighted by atomic mass is 10.2. The molecule has 1 heterocycles. The molecule has 0 bridgehead atoms. The summed E-state index contributed by atoms with van der Waals surface area (Å²) >= 11 is 12.1. The normalized spacial score (nSPS) is 11.3. The molecule has 1 aromatic heterocycles. The number of thiophene rings is 1. The summed E-state index contributed by atoms with van der Waals surface area (Å²) in [6, 6.07) is 7.98. The maximum Gasteiger partial charge on any atom is 0.271 e. The van der Waals surface area contributed by atoms with Crippen LogP contribution in [-0.2, 0) is 10.0 Å². The molecule has 106 valence electrons. The minimum Gasteiger partial charge on any atom is -0.389 e. The summed E-state index contributed by atoms with van der Waals surface area (Å²) in [5.41, 5.74) is 6.36. The number of thiocarbonyl (C=S) groups is 1. The number of nitrogens with one attached hydrogen (secondary N) is 1. The summed E-state index contributed by atoms with van der Waals surface area (Å²) in [6.07, 6.45) is 0. The van der Waals surface area contributed by atoms with Crippen molar-refractivity contribution >= 4 is 55.9 Å².